The van der Waals surface area contributed by atoms with Crippen LogP contribution in [0, 0.1) is 5.92 Å². The van der Waals surface area contributed by atoms with Crippen LogP contribution in [-0.4, -0.2) is 28.6 Å². The van der Waals surface area contributed by atoms with Crippen LogP contribution in [0.25, 0.3) is 11.1 Å². The molecule has 0 spiro atoms. The van der Waals surface area contributed by atoms with Crippen molar-refractivity contribution in [2.24, 2.45) is 5.92 Å². The highest BCUT2D eigenvalue weighted by Gasteiger charge is 2.22. The Balaban J connectivity index is 1.88. The molecule has 1 saturated carbocycles. The smallest absolute Gasteiger partial charge is 0.119 e. The first-order chi connectivity index (χ1) is 9.80. The van der Waals surface area contributed by atoms with Crippen LogP contribution in [0.15, 0.2) is 30.6 Å². The molecule has 1 fully saturated rings. The quantitative estimate of drug-likeness (QED) is 0.879. The Kier molecular flexibility index (Phi) is 3.74. The minimum atomic E-state index is 0.135. The molecule has 1 N–H and O–H groups in total. The summed E-state index contributed by atoms with van der Waals surface area (Å²) in [6, 6.07) is 5.99. The summed E-state index contributed by atoms with van der Waals surface area (Å²) in [7, 11) is 1.66. The summed E-state index contributed by atoms with van der Waals surface area (Å²) in [4.78, 5) is 0. The first-order valence-corrected chi connectivity index (χ1v) is 7.10. The van der Waals surface area contributed by atoms with Crippen molar-refractivity contribution in [1.29, 1.82) is 0 Å². The maximum Gasteiger partial charge on any atom is 0.119 e. The van der Waals surface area contributed by atoms with Gasteiger partial charge in [-0.1, -0.05) is 6.07 Å². The Hall–Kier alpha value is -1.81. The van der Waals surface area contributed by atoms with Crippen molar-refractivity contribution in [2.45, 2.75) is 25.8 Å². The molecule has 106 valence electrons. The average Bonchev–Trinajstić information content (AvgIpc) is 3.15. The van der Waals surface area contributed by atoms with Gasteiger partial charge in [0, 0.05) is 24.9 Å². The Morgan fingerprint density at radius 2 is 2.25 bits per heavy atom. The van der Waals surface area contributed by atoms with Crippen molar-refractivity contribution >= 4 is 0 Å². The highest BCUT2D eigenvalue weighted by molar-refractivity contribution is 5.67. The number of hydrogen-bond donors (Lipinski definition) is 1. The topological polar surface area (TPSA) is 47.3 Å². The number of aromatic nitrogens is 2. The lowest BCUT2D eigenvalue weighted by Crippen LogP contribution is -1.99. The highest BCUT2D eigenvalue weighted by atomic mass is 16.5. The molecular formula is C16H20N2O2. The third-order valence-electron chi connectivity index (χ3n) is 3.78. The number of methoxy groups -OCH3 is 1. The van der Waals surface area contributed by atoms with Crippen molar-refractivity contribution in [2.75, 3.05) is 13.7 Å². The van der Waals surface area contributed by atoms with E-state index in [-0.39, 0.29) is 6.61 Å². The number of ether oxygens (including phenoxy) is 1. The fourth-order valence-electron chi connectivity index (χ4n) is 2.47. The molecule has 20 heavy (non-hydrogen) atoms. The Morgan fingerprint density at radius 3 is 2.95 bits per heavy atom. The van der Waals surface area contributed by atoms with Crippen LogP contribution in [0.2, 0.25) is 0 Å². The lowest BCUT2D eigenvalue weighted by atomic mass is 10.00. The van der Waals surface area contributed by atoms with Crippen molar-refractivity contribution in [3.63, 3.8) is 0 Å². The highest BCUT2D eigenvalue weighted by Crippen LogP contribution is 2.32. The van der Waals surface area contributed by atoms with Crippen molar-refractivity contribution < 1.29 is 9.84 Å². The van der Waals surface area contributed by atoms with Crippen molar-refractivity contribution in [1.82, 2.24) is 9.78 Å². The van der Waals surface area contributed by atoms with Crippen LogP contribution in [-0.2, 0) is 13.0 Å². The molecule has 4 nitrogen and oxygen atoms in total. The summed E-state index contributed by atoms with van der Waals surface area (Å²) in [5.74, 6) is 1.64. The Labute approximate surface area is 119 Å². The van der Waals surface area contributed by atoms with Gasteiger partial charge in [0.2, 0.25) is 0 Å². The van der Waals surface area contributed by atoms with E-state index in [4.69, 9.17) is 4.74 Å². The van der Waals surface area contributed by atoms with Gasteiger partial charge in [-0.3, -0.25) is 4.68 Å². The molecule has 1 aromatic heterocycles. The Bertz CT molecular complexity index is 588. The van der Waals surface area contributed by atoms with E-state index in [1.54, 1.807) is 7.11 Å². The number of rotatable bonds is 6. The molecule has 3 rings (SSSR count). The third-order valence-corrected chi connectivity index (χ3v) is 3.78. The predicted octanol–water partition coefficient (Wildman–Crippen LogP) is 2.50. The molecule has 0 saturated heterocycles. The minimum Gasteiger partial charge on any atom is -0.497 e. The normalized spacial score (nSPS) is 14.5. The SMILES string of the molecule is COc1ccc(-c2cnn(CC3CC3)c2)c(CCO)c1. The fourth-order valence-corrected chi connectivity index (χ4v) is 2.47. The lowest BCUT2D eigenvalue weighted by molar-refractivity contribution is 0.299. The molecule has 0 amide bonds. The van der Waals surface area contributed by atoms with E-state index >= 15 is 0 Å². The van der Waals surface area contributed by atoms with Crippen molar-refractivity contribution in [3.05, 3.63) is 36.2 Å². The second kappa shape index (κ2) is 5.67. The standard InChI is InChI=1S/C16H20N2O2/c1-20-15-4-5-16(13(8-15)6-7-19)14-9-17-18(11-14)10-12-2-3-12/h4-5,8-9,11-12,19H,2-3,6-7,10H2,1H3. The first kappa shape index (κ1) is 13.2. The van der Waals surface area contributed by atoms with Crippen LogP contribution in [0.3, 0.4) is 0 Å². The maximum atomic E-state index is 9.23. The molecule has 2 aromatic rings. The van der Waals surface area contributed by atoms with Gasteiger partial charge in [-0.25, -0.2) is 0 Å². The predicted molar refractivity (Wildman–Crippen MR) is 77.7 cm³/mol. The van der Waals surface area contributed by atoms with Gasteiger partial charge in [0.05, 0.1) is 13.3 Å². The molecule has 0 unspecified atom stereocenters. The van der Waals surface area contributed by atoms with Crippen LogP contribution in [0.4, 0.5) is 0 Å². The van der Waals surface area contributed by atoms with Crippen LogP contribution in [0.5, 0.6) is 5.75 Å². The molecule has 4 heteroatoms. The monoisotopic (exact) mass is 272 g/mol. The van der Waals surface area contributed by atoms with Crippen LogP contribution in [0.1, 0.15) is 18.4 Å². The van der Waals surface area contributed by atoms with E-state index in [0.29, 0.717) is 6.42 Å². The third kappa shape index (κ3) is 2.85. The van der Waals surface area contributed by atoms with E-state index in [9.17, 15) is 5.11 Å². The molecule has 1 aliphatic carbocycles. The number of hydrogen-bond acceptors (Lipinski definition) is 3. The molecule has 1 aromatic carbocycles. The molecule has 0 bridgehead atoms. The molecule has 0 aliphatic heterocycles. The van der Waals surface area contributed by atoms with Crippen molar-refractivity contribution in [3.8, 4) is 16.9 Å². The van der Waals surface area contributed by atoms with Gasteiger partial charge in [-0.05, 0) is 48.4 Å². The number of aliphatic hydroxyl groups is 1. The number of nitrogens with zero attached hydrogens (tertiary/aromatic N) is 2. The summed E-state index contributed by atoms with van der Waals surface area (Å²) in [5.41, 5.74) is 3.33. The van der Waals surface area contributed by atoms with E-state index in [0.717, 1.165) is 34.9 Å². The van der Waals surface area contributed by atoms with Gasteiger partial charge in [-0.2, -0.15) is 5.10 Å². The van der Waals surface area contributed by atoms with Crippen LogP contribution >= 0.6 is 0 Å². The zero-order chi connectivity index (χ0) is 13.9. The zero-order valence-electron chi connectivity index (χ0n) is 11.7. The summed E-state index contributed by atoms with van der Waals surface area (Å²) < 4.78 is 7.28. The largest absolute Gasteiger partial charge is 0.497 e. The minimum absolute atomic E-state index is 0.135. The summed E-state index contributed by atoms with van der Waals surface area (Å²) in [6.07, 6.45) is 7.29. The van der Waals surface area contributed by atoms with Gasteiger partial charge >= 0.3 is 0 Å². The van der Waals surface area contributed by atoms with Gasteiger partial charge in [0.25, 0.3) is 0 Å². The van der Waals surface area contributed by atoms with E-state index in [1.165, 1.54) is 12.8 Å². The van der Waals surface area contributed by atoms with E-state index < -0.39 is 0 Å². The fraction of sp³-hybridized carbons (Fsp3) is 0.438. The zero-order valence-corrected chi connectivity index (χ0v) is 11.7. The van der Waals surface area contributed by atoms with E-state index in [2.05, 4.69) is 11.3 Å². The molecule has 0 radical (unpaired) electrons. The molecular weight excluding hydrogens is 252 g/mol. The second-order valence-corrected chi connectivity index (χ2v) is 5.39. The van der Waals surface area contributed by atoms with Crippen LogP contribution < -0.4 is 4.74 Å². The summed E-state index contributed by atoms with van der Waals surface area (Å²) in [6.45, 7) is 1.15. The van der Waals surface area contributed by atoms with E-state index in [1.807, 2.05) is 29.1 Å². The lowest BCUT2D eigenvalue weighted by Gasteiger charge is -2.09. The number of aliphatic hydroxyl groups excluding tert-OH is 1. The summed E-state index contributed by atoms with van der Waals surface area (Å²) in [5, 5.41) is 13.7. The molecule has 1 aliphatic rings. The van der Waals surface area contributed by atoms with Gasteiger partial charge in [-0.15, -0.1) is 0 Å². The maximum absolute atomic E-state index is 9.23. The number of benzene rings is 1. The first-order valence-electron chi connectivity index (χ1n) is 7.10. The van der Waals surface area contributed by atoms with Gasteiger partial charge in [0.1, 0.15) is 5.75 Å². The average molecular weight is 272 g/mol. The second-order valence-electron chi connectivity index (χ2n) is 5.39. The summed E-state index contributed by atoms with van der Waals surface area (Å²) >= 11 is 0. The molecule has 0 atom stereocenters. The van der Waals surface area contributed by atoms with Gasteiger partial charge < -0.3 is 9.84 Å². The van der Waals surface area contributed by atoms with Gasteiger partial charge in [0.15, 0.2) is 0 Å². The Morgan fingerprint density at radius 1 is 1.40 bits per heavy atom. The molecule has 1 heterocycles.